The monoisotopic (exact) mass is 348 g/mol. The molecule has 8 nitrogen and oxygen atoms in total. The Morgan fingerprint density at radius 1 is 1.15 bits per heavy atom. The van der Waals surface area contributed by atoms with Crippen LogP contribution in [0, 0.1) is 0 Å². The predicted octanol–water partition coefficient (Wildman–Crippen LogP) is 2.31. The molecule has 1 aliphatic rings. The first-order valence-electron chi connectivity index (χ1n) is 8.04. The van der Waals surface area contributed by atoms with E-state index in [0.29, 0.717) is 22.9 Å². The zero-order valence-corrected chi connectivity index (χ0v) is 13.9. The van der Waals surface area contributed by atoms with Crippen molar-refractivity contribution < 1.29 is 9.90 Å². The Bertz CT molecular complexity index is 978. The van der Waals surface area contributed by atoms with Crippen molar-refractivity contribution >= 4 is 17.5 Å². The number of carbonyl (C=O) groups excluding carboxylic acids is 1. The van der Waals surface area contributed by atoms with Gasteiger partial charge in [-0.1, -0.05) is 35.4 Å². The number of tetrazole rings is 1. The van der Waals surface area contributed by atoms with Gasteiger partial charge in [-0.25, -0.2) is 0 Å². The van der Waals surface area contributed by atoms with Crippen molar-refractivity contribution in [2.75, 3.05) is 10.6 Å². The van der Waals surface area contributed by atoms with Crippen LogP contribution in [0.2, 0.25) is 0 Å². The zero-order chi connectivity index (χ0) is 18.1. The number of hydrogen-bond donors (Lipinski definition) is 3. The molecule has 1 aliphatic heterocycles. The summed E-state index contributed by atoms with van der Waals surface area (Å²) in [6.07, 6.45) is 0. The van der Waals surface area contributed by atoms with Gasteiger partial charge < -0.3 is 15.7 Å². The van der Waals surface area contributed by atoms with E-state index >= 15 is 0 Å². The van der Waals surface area contributed by atoms with Gasteiger partial charge in [0.15, 0.2) is 0 Å². The summed E-state index contributed by atoms with van der Waals surface area (Å²) in [4.78, 5) is 13.0. The molecular formula is C18H16N6O2. The lowest BCUT2D eigenvalue weighted by Gasteiger charge is -2.28. The average Bonchev–Trinajstić information content (AvgIpc) is 3.10. The molecule has 0 bridgehead atoms. The summed E-state index contributed by atoms with van der Waals surface area (Å²) in [5.74, 6) is 0.355. The van der Waals surface area contributed by atoms with Crippen molar-refractivity contribution in [2.45, 2.75) is 13.0 Å². The number of allylic oxidation sites excluding steroid dienone is 1. The molecule has 0 spiro atoms. The number of carbonyl (C=O) groups is 1. The summed E-state index contributed by atoms with van der Waals surface area (Å²) in [7, 11) is 0. The molecule has 0 saturated heterocycles. The number of phenols is 1. The van der Waals surface area contributed by atoms with Gasteiger partial charge in [0.25, 0.3) is 5.91 Å². The molecule has 4 rings (SSSR count). The second-order valence-corrected chi connectivity index (χ2v) is 5.92. The van der Waals surface area contributed by atoms with Crippen LogP contribution < -0.4 is 10.6 Å². The van der Waals surface area contributed by atoms with Crippen molar-refractivity contribution in [3.05, 3.63) is 71.4 Å². The van der Waals surface area contributed by atoms with Crippen LogP contribution >= 0.6 is 0 Å². The summed E-state index contributed by atoms with van der Waals surface area (Å²) >= 11 is 0. The number of nitrogens with one attached hydrogen (secondary N) is 2. The lowest BCUT2D eigenvalue weighted by atomic mass is 9.95. The molecule has 2 aromatic carbocycles. The second-order valence-electron chi connectivity index (χ2n) is 5.92. The van der Waals surface area contributed by atoms with Gasteiger partial charge in [0.1, 0.15) is 11.8 Å². The van der Waals surface area contributed by atoms with Crippen LogP contribution in [0.3, 0.4) is 0 Å². The Morgan fingerprint density at radius 3 is 2.62 bits per heavy atom. The Morgan fingerprint density at radius 2 is 1.88 bits per heavy atom. The third-order valence-corrected chi connectivity index (χ3v) is 4.20. The minimum Gasteiger partial charge on any atom is -0.508 e. The van der Waals surface area contributed by atoms with E-state index in [1.165, 1.54) is 0 Å². The highest BCUT2D eigenvalue weighted by molar-refractivity contribution is 6.05. The Balaban J connectivity index is 1.77. The fourth-order valence-electron chi connectivity index (χ4n) is 2.99. The van der Waals surface area contributed by atoms with E-state index in [4.69, 9.17) is 0 Å². The van der Waals surface area contributed by atoms with Crippen LogP contribution in [0.1, 0.15) is 18.5 Å². The maximum Gasteiger partial charge on any atom is 0.255 e. The van der Waals surface area contributed by atoms with Crippen LogP contribution in [0.5, 0.6) is 5.75 Å². The maximum atomic E-state index is 13.0. The molecule has 8 heteroatoms. The fourth-order valence-corrected chi connectivity index (χ4v) is 2.99. The third kappa shape index (κ3) is 2.77. The molecule has 3 N–H and O–H groups in total. The summed E-state index contributed by atoms with van der Waals surface area (Å²) in [6, 6.07) is 15.4. The molecule has 3 aromatic rings. The van der Waals surface area contributed by atoms with E-state index < -0.39 is 6.04 Å². The van der Waals surface area contributed by atoms with Crippen LogP contribution in [-0.4, -0.2) is 31.2 Å². The molecule has 0 saturated carbocycles. The van der Waals surface area contributed by atoms with E-state index in [0.717, 1.165) is 5.56 Å². The van der Waals surface area contributed by atoms with Crippen LogP contribution in [0.25, 0.3) is 0 Å². The number of aromatic hydroxyl groups is 1. The van der Waals surface area contributed by atoms with Gasteiger partial charge in [0, 0.05) is 11.4 Å². The smallest absolute Gasteiger partial charge is 0.255 e. The molecule has 1 unspecified atom stereocenters. The number of phenolic OH excluding ortho intramolecular Hbond substituents is 1. The molecule has 1 amide bonds. The van der Waals surface area contributed by atoms with E-state index in [1.807, 2.05) is 37.3 Å². The molecular weight excluding hydrogens is 332 g/mol. The number of hydrogen-bond acceptors (Lipinski definition) is 6. The van der Waals surface area contributed by atoms with Gasteiger partial charge in [0.2, 0.25) is 5.95 Å². The number of rotatable bonds is 3. The van der Waals surface area contributed by atoms with Gasteiger partial charge >= 0.3 is 0 Å². The summed E-state index contributed by atoms with van der Waals surface area (Å²) in [6.45, 7) is 1.81. The molecule has 130 valence electrons. The first-order valence-corrected chi connectivity index (χ1v) is 8.04. The number of fused-ring (bicyclic) bond motifs is 1. The maximum absolute atomic E-state index is 13.0. The van der Waals surface area contributed by atoms with Crippen molar-refractivity contribution in [2.24, 2.45) is 0 Å². The van der Waals surface area contributed by atoms with Crippen LogP contribution in [-0.2, 0) is 4.79 Å². The number of nitrogens with zero attached hydrogens (tertiary/aromatic N) is 4. The summed E-state index contributed by atoms with van der Waals surface area (Å²) < 4.78 is 1.55. The molecule has 1 aromatic heterocycles. The first kappa shape index (κ1) is 15.8. The van der Waals surface area contributed by atoms with Gasteiger partial charge in [-0.3, -0.25) is 4.79 Å². The van der Waals surface area contributed by atoms with Gasteiger partial charge in [-0.05, 0) is 47.2 Å². The van der Waals surface area contributed by atoms with Crippen LogP contribution in [0.15, 0.2) is 65.9 Å². The third-order valence-electron chi connectivity index (χ3n) is 4.20. The van der Waals surface area contributed by atoms with E-state index in [2.05, 4.69) is 26.2 Å². The largest absolute Gasteiger partial charge is 0.508 e. The molecule has 2 heterocycles. The van der Waals surface area contributed by atoms with Gasteiger partial charge in [-0.2, -0.15) is 4.68 Å². The van der Waals surface area contributed by atoms with E-state index in [-0.39, 0.29) is 11.7 Å². The molecule has 0 fully saturated rings. The lowest BCUT2D eigenvalue weighted by molar-refractivity contribution is -0.113. The number of anilines is 2. The minimum absolute atomic E-state index is 0.149. The highest BCUT2D eigenvalue weighted by atomic mass is 16.3. The van der Waals surface area contributed by atoms with E-state index in [1.54, 1.807) is 28.9 Å². The number of aromatic nitrogens is 4. The fraction of sp³-hybridized carbons (Fsp3) is 0.111. The quantitative estimate of drug-likeness (QED) is 0.671. The van der Waals surface area contributed by atoms with Crippen molar-refractivity contribution in [3.8, 4) is 5.75 Å². The summed E-state index contributed by atoms with van der Waals surface area (Å²) in [5, 5.41) is 27.2. The lowest BCUT2D eigenvalue weighted by Crippen LogP contribution is -2.31. The average molecular weight is 348 g/mol. The number of para-hydroxylation sites is 1. The Hall–Kier alpha value is -3.68. The zero-order valence-electron chi connectivity index (χ0n) is 13.9. The standard InChI is InChI=1S/C18H16N6O2/c1-11-15(17(26)20-13-5-3-2-4-6-13)16(12-7-9-14(25)10-8-12)24-18(19-11)21-22-23-24/h2-10,16,25H,1H3,(H,20,26)(H,19,21,23). The van der Waals surface area contributed by atoms with E-state index in [9.17, 15) is 9.90 Å². The van der Waals surface area contributed by atoms with Crippen molar-refractivity contribution in [1.29, 1.82) is 0 Å². The Labute approximate surface area is 149 Å². The molecule has 26 heavy (non-hydrogen) atoms. The SMILES string of the molecule is CC1=C(C(=O)Nc2ccccc2)C(c2ccc(O)cc2)n2nnnc2N1. The number of amides is 1. The van der Waals surface area contributed by atoms with Crippen molar-refractivity contribution in [3.63, 3.8) is 0 Å². The Kier molecular flexibility index (Phi) is 3.85. The second kappa shape index (κ2) is 6.32. The highest BCUT2D eigenvalue weighted by Crippen LogP contribution is 2.35. The van der Waals surface area contributed by atoms with Crippen molar-refractivity contribution in [1.82, 2.24) is 20.2 Å². The normalized spacial score (nSPS) is 16.0. The minimum atomic E-state index is -0.509. The molecule has 0 radical (unpaired) electrons. The molecule has 0 aliphatic carbocycles. The molecule has 1 atom stereocenters. The van der Waals surface area contributed by atoms with Gasteiger partial charge in [-0.15, -0.1) is 0 Å². The predicted molar refractivity (Wildman–Crippen MR) is 95.5 cm³/mol. The number of benzene rings is 2. The highest BCUT2D eigenvalue weighted by Gasteiger charge is 2.34. The first-order chi connectivity index (χ1) is 12.6. The van der Waals surface area contributed by atoms with Gasteiger partial charge in [0.05, 0.1) is 5.57 Å². The summed E-state index contributed by atoms with van der Waals surface area (Å²) in [5.41, 5.74) is 2.65. The topological polar surface area (TPSA) is 105 Å². The van der Waals surface area contributed by atoms with Crippen LogP contribution in [0.4, 0.5) is 11.6 Å².